The van der Waals surface area contributed by atoms with Crippen molar-refractivity contribution in [1.29, 1.82) is 0 Å². The van der Waals surface area contributed by atoms with Crippen molar-refractivity contribution in [1.82, 2.24) is 25.3 Å². The molecule has 0 aromatic carbocycles. The van der Waals surface area contributed by atoms with E-state index in [1.807, 2.05) is 11.8 Å². The Morgan fingerprint density at radius 3 is 2.52 bits per heavy atom. The average Bonchev–Trinajstić information content (AvgIpc) is 3.41. The molecule has 1 fully saturated rings. The Bertz CT molecular complexity index is 775. The van der Waals surface area contributed by atoms with Crippen LogP contribution in [0.5, 0.6) is 0 Å². The molecular formula is C18H25N5O2S4. The molecule has 0 radical (unpaired) electrons. The maximum absolute atomic E-state index is 12.5. The molecule has 11 heteroatoms. The Balaban J connectivity index is 1.34. The van der Waals surface area contributed by atoms with Crippen molar-refractivity contribution in [2.45, 2.75) is 28.6 Å². The first kappa shape index (κ1) is 22.5. The van der Waals surface area contributed by atoms with Crippen LogP contribution >= 0.6 is 46.2 Å². The quantitative estimate of drug-likeness (QED) is 0.534. The minimum Gasteiger partial charge on any atom is -0.355 e. The lowest BCUT2D eigenvalue weighted by Gasteiger charge is -2.34. The zero-order valence-electron chi connectivity index (χ0n) is 16.3. The molecule has 7 nitrogen and oxygen atoms in total. The Kier molecular flexibility index (Phi) is 9.25. The Hall–Kier alpha value is -1.14. The van der Waals surface area contributed by atoms with Crippen LogP contribution in [0.15, 0.2) is 26.2 Å². The Labute approximate surface area is 187 Å². The molecule has 1 aliphatic heterocycles. The number of carbonyl (C=O) groups is 2. The van der Waals surface area contributed by atoms with Crippen molar-refractivity contribution < 1.29 is 9.59 Å². The monoisotopic (exact) mass is 471 g/mol. The summed E-state index contributed by atoms with van der Waals surface area (Å²) in [4.78, 5) is 29.9. The van der Waals surface area contributed by atoms with Gasteiger partial charge in [0.05, 0.1) is 11.5 Å². The molecule has 1 N–H and O–H groups in total. The molecule has 0 spiro atoms. The molecule has 0 unspecified atom stereocenters. The number of carbonyl (C=O) groups excluding carboxylic acids is 2. The summed E-state index contributed by atoms with van der Waals surface area (Å²) >= 11 is 6.02. The third kappa shape index (κ3) is 7.56. The number of thioether (sulfide) groups is 2. The molecule has 0 saturated carbocycles. The highest BCUT2D eigenvalue weighted by molar-refractivity contribution is 8.03. The molecule has 158 valence electrons. The first-order chi connectivity index (χ1) is 14.1. The second-order valence-corrected chi connectivity index (χ2v) is 11.0. The summed E-state index contributed by atoms with van der Waals surface area (Å²) in [5.41, 5.74) is 0. The van der Waals surface area contributed by atoms with E-state index in [0.29, 0.717) is 18.1 Å². The molecule has 1 aliphatic rings. The van der Waals surface area contributed by atoms with E-state index in [1.54, 1.807) is 11.3 Å². The third-order valence-corrected chi connectivity index (χ3v) is 8.33. The average molecular weight is 472 g/mol. The van der Waals surface area contributed by atoms with Crippen LogP contribution in [0.1, 0.15) is 18.2 Å². The lowest BCUT2D eigenvalue weighted by molar-refractivity contribution is -0.130. The molecule has 2 amide bonds. The number of piperazine rings is 1. The maximum atomic E-state index is 12.5. The van der Waals surface area contributed by atoms with Crippen molar-refractivity contribution in [2.24, 2.45) is 0 Å². The van der Waals surface area contributed by atoms with E-state index in [-0.39, 0.29) is 11.8 Å². The molecular weight excluding hydrogens is 446 g/mol. The minimum absolute atomic E-state index is 0.00894. The van der Waals surface area contributed by atoms with Gasteiger partial charge in [-0.1, -0.05) is 47.9 Å². The highest BCUT2D eigenvalue weighted by Crippen LogP contribution is 2.29. The van der Waals surface area contributed by atoms with Crippen LogP contribution in [0.2, 0.25) is 0 Å². The normalized spacial score (nSPS) is 14.9. The topological polar surface area (TPSA) is 78.4 Å². The highest BCUT2D eigenvalue weighted by Gasteiger charge is 2.21. The molecule has 2 aromatic rings. The number of nitrogens with one attached hydrogen (secondary N) is 1. The van der Waals surface area contributed by atoms with Gasteiger partial charge >= 0.3 is 0 Å². The van der Waals surface area contributed by atoms with Gasteiger partial charge in [-0.2, -0.15) is 0 Å². The van der Waals surface area contributed by atoms with Crippen molar-refractivity contribution in [3.05, 3.63) is 22.4 Å². The van der Waals surface area contributed by atoms with E-state index >= 15 is 0 Å². The van der Waals surface area contributed by atoms with Gasteiger partial charge in [-0.3, -0.25) is 14.5 Å². The van der Waals surface area contributed by atoms with E-state index in [2.05, 4.69) is 37.9 Å². The van der Waals surface area contributed by atoms with E-state index in [0.717, 1.165) is 47.8 Å². The van der Waals surface area contributed by atoms with Crippen molar-refractivity contribution in [2.75, 3.05) is 44.2 Å². The second kappa shape index (κ2) is 11.9. The van der Waals surface area contributed by atoms with Gasteiger partial charge in [0.2, 0.25) is 11.8 Å². The molecule has 29 heavy (non-hydrogen) atoms. The first-order valence-electron chi connectivity index (χ1n) is 9.52. The summed E-state index contributed by atoms with van der Waals surface area (Å²) in [6.07, 6.45) is 0.924. The molecule has 1 saturated heterocycles. The Morgan fingerprint density at radius 2 is 1.86 bits per heavy atom. The summed E-state index contributed by atoms with van der Waals surface area (Å²) in [7, 11) is 0. The van der Waals surface area contributed by atoms with Gasteiger partial charge in [0.25, 0.3) is 0 Å². The Morgan fingerprint density at radius 1 is 1.14 bits per heavy atom. The van der Waals surface area contributed by atoms with Gasteiger partial charge in [0, 0.05) is 44.1 Å². The van der Waals surface area contributed by atoms with Gasteiger partial charge in [-0.25, -0.2) is 0 Å². The number of rotatable bonds is 10. The van der Waals surface area contributed by atoms with E-state index < -0.39 is 0 Å². The number of hydrogen-bond acceptors (Lipinski definition) is 9. The maximum Gasteiger partial charge on any atom is 0.233 e. The van der Waals surface area contributed by atoms with Gasteiger partial charge in [-0.15, -0.1) is 21.5 Å². The molecule has 0 bridgehead atoms. The summed E-state index contributed by atoms with van der Waals surface area (Å²) in [6.45, 7) is 7.05. The molecule has 3 rings (SSSR count). The van der Waals surface area contributed by atoms with Crippen LogP contribution in [-0.4, -0.2) is 76.0 Å². The van der Waals surface area contributed by atoms with Gasteiger partial charge in [0.1, 0.15) is 0 Å². The standard InChI is InChI=1S/C18H25N5O2S4/c1-2-5-19-15(24)12-27-17-20-21-18(29-17)28-13-16(25)23-8-6-22(7-9-23)11-14-4-3-10-26-14/h3-4,10H,2,5-9,11-13H2,1H3,(H,19,24). The molecule has 2 aromatic heterocycles. The largest absolute Gasteiger partial charge is 0.355 e. The van der Waals surface area contributed by atoms with E-state index in [4.69, 9.17) is 0 Å². The lowest BCUT2D eigenvalue weighted by Crippen LogP contribution is -2.48. The third-order valence-electron chi connectivity index (χ3n) is 4.29. The number of hydrogen-bond donors (Lipinski definition) is 1. The number of nitrogens with zero attached hydrogens (tertiary/aromatic N) is 4. The van der Waals surface area contributed by atoms with E-state index in [1.165, 1.54) is 39.7 Å². The van der Waals surface area contributed by atoms with Crippen molar-refractivity contribution in [3.8, 4) is 0 Å². The minimum atomic E-state index is 0.00894. The molecule has 3 heterocycles. The summed E-state index contributed by atoms with van der Waals surface area (Å²) in [6, 6.07) is 4.24. The number of aromatic nitrogens is 2. The van der Waals surface area contributed by atoms with Crippen LogP contribution in [-0.2, 0) is 16.1 Å². The predicted octanol–water partition coefficient (Wildman–Crippen LogP) is 2.65. The lowest BCUT2D eigenvalue weighted by atomic mass is 10.3. The van der Waals surface area contributed by atoms with Crippen LogP contribution in [0.25, 0.3) is 0 Å². The zero-order valence-corrected chi connectivity index (χ0v) is 19.6. The van der Waals surface area contributed by atoms with Crippen molar-refractivity contribution in [3.63, 3.8) is 0 Å². The molecule has 0 atom stereocenters. The highest BCUT2D eigenvalue weighted by atomic mass is 32.2. The van der Waals surface area contributed by atoms with Gasteiger partial charge < -0.3 is 10.2 Å². The van der Waals surface area contributed by atoms with E-state index in [9.17, 15) is 9.59 Å². The summed E-state index contributed by atoms with van der Waals surface area (Å²) in [5, 5.41) is 13.2. The smallest absolute Gasteiger partial charge is 0.233 e. The van der Waals surface area contributed by atoms with Crippen LogP contribution in [0, 0.1) is 0 Å². The van der Waals surface area contributed by atoms with Gasteiger partial charge in [0.15, 0.2) is 8.68 Å². The van der Waals surface area contributed by atoms with Crippen LogP contribution < -0.4 is 5.32 Å². The first-order valence-corrected chi connectivity index (χ1v) is 13.2. The van der Waals surface area contributed by atoms with Crippen molar-refractivity contribution >= 4 is 58.0 Å². The SMILES string of the molecule is CCCNC(=O)CSc1nnc(SCC(=O)N2CCN(Cc3cccs3)CC2)s1. The fraction of sp³-hybridized carbons (Fsp3) is 0.556. The number of thiophene rings is 1. The fourth-order valence-corrected chi connectivity index (χ4v) is 6.25. The predicted molar refractivity (Wildman–Crippen MR) is 121 cm³/mol. The second-order valence-electron chi connectivity index (χ2n) is 6.50. The van der Waals surface area contributed by atoms with Crippen LogP contribution in [0.4, 0.5) is 0 Å². The summed E-state index contributed by atoms with van der Waals surface area (Å²) < 4.78 is 1.53. The fourth-order valence-electron chi connectivity index (χ4n) is 2.75. The van der Waals surface area contributed by atoms with Gasteiger partial charge in [-0.05, 0) is 17.9 Å². The molecule has 0 aliphatic carbocycles. The number of amides is 2. The summed E-state index contributed by atoms with van der Waals surface area (Å²) in [5.74, 6) is 0.874. The zero-order chi connectivity index (χ0) is 20.5. The van der Waals surface area contributed by atoms with Crippen LogP contribution in [0.3, 0.4) is 0 Å².